The standard InChI is InChI=1S/C9H11N5/c1-2-7-8(13-14-9(7)10)6-3-4-11-12-5-6/h3-5H,2H2,1H3,(H3,10,13,14). The number of nitrogen functional groups attached to an aromatic ring is 1. The highest BCUT2D eigenvalue weighted by Gasteiger charge is 2.10. The number of hydrogen-bond donors (Lipinski definition) is 2. The fourth-order valence-electron chi connectivity index (χ4n) is 1.41. The fraction of sp³-hybridized carbons (Fsp3) is 0.222. The van der Waals surface area contributed by atoms with Crippen LogP contribution >= 0.6 is 0 Å². The second-order valence-corrected chi connectivity index (χ2v) is 2.95. The predicted octanol–water partition coefficient (Wildman–Crippen LogP) is 1.01. The van der Waals surface area contributed by atoms with Crippen LogP contribution in [-0.2, 0) is 6.42 Å². The average Bonchev–Trinajstić information content (AvgIpc) is 2.61. The zero-order valence-corrected chi connectivity index (χ0v) is 7.86. The Morgan fingerprint density at radius 1 is 1.43 bits per heavy atom. The molecule has 0 amide bonds. The summed E-state index contributed by atoms with van der Waals surface area (Å²) in [5, 5.41) is 14.4. The molecule has 3 N–H and O–H groups in total. The molecule has 0 bridgehead atoms. The van der Waals surface area contributed by atoms with Crippen LogP contribution in [0, 0.1) is 0 Å². The number of aromatic amines is 1. The first kappa shape index (κ1) is 8.68. The second kappa shape index (κ2) is 3.45. The molecule has 2 rings (SSSR count). The fourth-order valence-corrected chi connectivity index (χ4v) is 1.41. The van der Waals surface area contributed by atoms with Crippen molar-refractivity contribution in [1.29, 1.82) is 0 Å². The van der Waals surface area contributed by atoms with Crippen molar-refractivity contribution in [2.75, 3.05) is 5.73 Å². The van der Waals surface area contributed by atoms with Crippen molar-refractivity contribution in [3.63, 3.8) is 0 Å². The van der Waals surface area contributed by atoms with Gasteiger partial charge in [-0.15, -0.1) is 0 Å². The van der Waals surface area contributed by atoms with Crippen LogP contribution in [0.15, 0.2) is 18.5 Å². The molecule has 5 heteroatoms. The molecule has 0 saturated heterocycles. The topological polar surface area (TPSA) is 80.5 Å². The lowest BCUT2D eigenvalue weighted by Crippen LogP contribution is -1.91. The Bertz CT molecular complexity index is 420. The molecule has 2 heterocycles. The predicted molar refractivity (Wildman–Crippen MR) is 53.4 cm³/mol. The molecule has 0 aliphatic carbocycles. The van der Waals surface area contributed by atoms with Crippen LogP contribution in [0.2, 0.25) is 0 Å². The molecule has 0 radical (unpaired) electrons. The van der Waals surface area contributed by atoms with Crippen LogP contribution in [0.1, 0.15) is 12.5 Å². The minimum absolute atomic E-state index is 0.555. The number of nitrogens with zero attached hydrogens (tertiary/aromatic N) is 3. The van der Waals surface area contributed by atoms with Gasteiger partial charge >= 0.3 is 0 Å². The third-order valence-corrected chi connectivity index (χ3v) is 2.13. The summed E-state index contributed by atoms with van der Waals surface area (Å²) in [5.41, 5.74) is 8.63. The van der Waals surface area contributed by atoms with Gasteiger partial charge in [0.25, 0.3) is 0 Å². The van der Waals surface area contributed by atoms with Gasteiger partial charge in [-0.05, 0) is 12.5 Å². The van der Waals surface area contributed by atoms with Gasteiger partial charge in [-0.1, -0.05) is 6.92 Å². The molecule has 14 heavy (non-hydrogen) atoms. The molecule has 0 fully saturated rings. The Morgan fingerprint density at radius 3 is 2.93 bits per heavy atom. The summed E-state index contributed by atoms with van der Waals surface area (Å²) in [6.07, 6.45) is 4.18. The van der Waals surface area contributed by atoms with E-state index in [1.54, 1.807) is 12.4 Å². The lowest BCUT2D eigenvalue weighted by Gasteiger charge is -1.99. The zero-order valence-electron chi connectivity index (χ0n) is 7.86. The van der Waals surface area contributed by atoms with E-state index in [1.165, 1.54) is 0 Å². The van der Waals surface area contributed by atoms with Crippen LogP contribution in [-0.4, -0.2) is 20.4 Å². The largest absolute Gasteiger partial charge is 0.382 e. The van der Waals surface area contributed by atoms with E-state index >= 15 is 0 Å². The number of anilines is 1. The Morgan fingerprint density at radius 2 is 2.29 bits per heavy atom. The summed E-state index contributed by atoms with van der Waals surface area (Å²) in [7, 11) is 0. The molecule has 0 spiro atoms. The molecule has 0 aliphatic heterocycles. The van der Waals surface area contributed by atoms with E-state index in [0.717, 1.165) is 23.2 Å². The van der Waals surface area contributed by atoms with E-state index in [9.17, 15) is 0 Å². The van der Waals surface area contributed by atoms with Gasteiger partial charge in [0.2, 0.25) is 0 Å². The lowest BCUT2D eigenvalue weighted by atomic mass is 10.1. The van der Waals surface area contributed by atoms with Crippen LogP contribution < -0.4 is 5.73 Å². The molecule has 0 atom stereocenters. The van der Waals surface area contributed by atoms with Gasteiger partial charge in [0.1, 0.15) is 5.82 Å². The Kier molecular flexibility index (Phi) is 2.14. The molecule has 0 aliphatic rings. The van der Waals surface area contributed by atoms with Gasteiger partial charge in [-0.25, -0.2) is 0 Å². The maximum atomic E-state index is 5.71. The first-order valence-corrected chi connectivity index (χ1v) is 4.42. The van der Waals surface area contributed by atoms with Crippen LogP contribution in [0.3, 0.4) is 0 Å². The van der Waals surface area contributed by atoms with Crippen LogP contribution in [0.4, 0.5) is 5.82 Å². The number of hydrogen-bond acceptors (Lipinski definition) is 4. The summed E-state index contributed by atoms with van der Waals surface area (Å²) in [6.45, 7) is 2.04. The highest BCUT2D eigenvalue weighted by molar-refractivity contribution is 5.66. The number of aromatic nitrogens is 4. The molecule has 0 saturated carbocycles. The highest BCUT2D eigenvalue weighted by Crippen LogP contribution is 2.24. The molecule has 0 unspecified atom stereocenters. The number of H-pyrrole nitrogens is 1. The summed E-state index contributed by atoms with van der Waals surface area (Å²) in [4.78, 5) is 0. The Hall–Kier alpha value is -1.91. The first-order valence-electron chi connectivity index (χ1n) is 4.42. The molecule has 0 aromatic carbocycles. The monoisotopic (exact) mass is 189 g/mol. The van der Waals surface area contributed by atoms with E-state index in [4.69, 9.17) is 5.73 Å². The normalized spacial score (nSPS) is 10.4. The first-order chi connectivity index (χ1) is 6.83. The minimum atomic E-state index is 0.555. The Labute approximate surface area is 81.4 Å². The van der Waals surface area contributed by atoms with Crippen molar-refractivity contribution in [2.24, 2.45) is 0 Å². The van der Waals surface area contributed by atoms with E-state index < -0.39 is 0 Å². The van der Waals surface area contributed by atoms with Gasteiger partial charge in [0.15, 0.2) is 0 Å². The van der Waals surface area contributed by atoms with Crippen molar-refractivity contribution >= 4 is 5.82 Å². The average molecular weight is 189 g/mol. The zero-order chi connectivity index (χ0) is 9.97. The molecule has 5 nitrogen and oxygen atoms in total. The molecule has 72 valence electrons. The number of nitrogens with two attached hydrogens (primary N) is 1. The van der Waals surface area contributed by atoms with Gasteiger partial charge in [0.05, 0.1) is 18.1 Å². The summed E-state index contributed by atoms with van der Waals surface area (Å²) in [6, 6.07) is 1.87. The second-order valence-electron chi connectivity index (χ2n) is 2.95. The van der Waals surface area contributed by atoms with Gasteiger partial charge in [-0.2, -0.15) is 15.3 Å². The highest BCUT2D eigenvalue weighted by atomic mass is 15.2. The molecular formula is C9H11N5. The summed E-state index contributed by atoms with van der Waals surface area (Å²) >= 11 is 0. The summed E-state index contributed by atoms with van der Waals surface area (Å²) in [5.74, 6) is 0.555. The maximum Gasteiger partial charge on any atom is 0.149 e. The molecular weight excluding hydrogens is 178 g/mol. The molecule has 2 aromatic rings. The van der Waals surface area contributed by atoms with Crippen LogP contribution in [0.5, 0.6) is 0 Å². The SMILES string of the molecule is CCc1c(N)n[nH]c1-c1ccnnc1. The third kappa shape index (κ3) is 1.32. The number of rotatable bonds is 2. The van der Waals surface area contributed by atoms with Crippen molar-refractivity contribution in [2.45, 2.75) is 13.3 Å². The van der Waals surface area contributed by atoms with Crippen molar-refractivity contribution in [1.82, 2.24) is 20.4 Å². The quantitative estimate of drug-likeness (QED) is 0.738. The number of nitrogens with one attached hydrogen (secondary N) is 1. The van der Waals surface area contributed by atoms with Crippen molar-refractivity contribution in [3.05, 3.63) is 24.0 Å². The van der Waals surface area contributed by atoms with Crippen molar-refractivity contribution in [3.8, 4) is 11.3 Å². The van der Waals surface area contributed by atoms with E-state index in [-0.39, 0.29) is 0 Å². The van der Waals surface area contributed by atoms with Gasteiger partial charge in [0, 0.05) is 11.1 Å². The van der Waals surface area contributed by atoms with E-state index in [2.05, 4.69) is 20.4 Å². The minimum Gasteiger partial charge on any atom is -0.382 e. The van der Waals surface area contributed by atoms with Gasteiger partial charge < -0.3 is 5.73 Å². The van der Waals surface area contributed by atoms with Crippen LogP contribution in [0.25, 0.3) is 11.3 Å². The van der Waals surface area contributed by atoms with E-state index in [1.807, 2.05) is 13.0 Å². The third-order valence-electron chi connectivity index (χ3n) is 2.13. The summed E-state index contributed by atoms with van der Waals surface area (Å²) < 4.78 is 0. The lowest BCUT2D eigenvalue weighted by molar-refractivity contribution is 1.02. The van der Waals surface area contributed by atoms with E-state index in [0.29, 0.717) is 5.82 Å². The van der Waals surface area contributed by atoms with Crippen molar-refractivity contribution < 1.29 is 0 Å². The van der Waals surface area contributed by atoms with Gasteiger partial charge in [-0.3, -0.25) is 5.10 Å². The smallest absolute Gasteiger partial charge is 0.149 e. The molecule has 2 aromatic heterocycles. The maximum absolute atomic E-state index is 5.71. The Balaban J connectivity index is 2.52.